The van der Waals surface area contributed by atoms with E-state index in [1.165, 1.54) is 21.8 Å². The fourth-order valence-electron chi connectivity index (χ4n) is 7.72. The summed E-state index contributed by atoms with van der Waals surface area (Å²) < 4.78 is 8.72. The standard InChI is InChI=1S/C48H29N5O/c1-2-11-32-29-35(21-20-30(32)10-1)47-50-46(51-48(52-47)44-45-40(26-27-49-44)39-16-5-8-19-43(39)54-45)34-13-9-12-33(28-34)31-22-24-36(25-23-31)53-41-17-6-3-14-37(41)38-15-4-7-18-42(38)53/h1-29H. The van der Waals surface area contributed by atoms with Gasteiger partial charge in [0.2, 0.25) is 0 Å². The van der Waals surface area contributed by atoms with Crippen molar-refractivity contribution in [3.05, 3.63) is 176 Å². The second-order valence-corrected chi connectivity index (χ2v) is 13.5. The van der Waals surface area contributed by atoms with E-state index in [1.807, 2.05) is 36.4 Å². The molecule has 0 aliphatic rings. The zero-order valence-electron chi connectivity index (χ0n) is 28.9. The molecular formula is C48H29N5O. The van der Waals surface area contributed by atoms with Crippen LogP contribution in [0.5, 0.6) is 0 Å². The van der Waals surface area contributed by atoms with E-state index in [4.69, 9.17) is 24.4 Å². The van der Waals surface area contributed by atoms with E-state index < -0.39 is 0 Å². The number of benzene rings is 7. The lowest BCUT2D eigenvalue weighted by Crippen LogP contribution is -2.01. The van der Waals surface area contributed by atoms with Crippen LogP contribution in [-0.2, 0) is 0 Å². The van der Waals surface area contributed by atoms with Crippen molar-refractivity contribution in [2.45, 2.75) is 0 Å². The molecule has 0 N–H and O–H groups in total. The van der Waals surface area contributed by atoms with Crippen LogP contribution in [0.15, 0.2) is 180 Å². The molecule has 54 heavy (non-hydrogen) atoms. The molecule has 6 nitrogen and oxygen atoms in total. The van der Waals surface area contributed by atoms with Crippen LogP contribution >= 0.6 is 0 Å². The maximum Gasteiger partial charge on any atom is 0.186 e. The van der Waals surface area contributed by atoms with Crippen molar-refractivity contribution in [1.82, 2.24) is 24.5 Å². The Balaban J connectivity index is 1.04. The quantitative estimate of drug-likeness (QED) is 0.180. The minimum Gasteiger partial charge on any atom is -0.454 e. The Morgan fingerprint density at radius 1 is 0.407 bits per heavy atom. The first-order valence-corrected chi connectivity index (χ1v) is 18.0. The van der Waals surface area contributed by atoms with Gasteiger partial charge in [0.25, 0.3) is 0 Å². The van der Waals surface area contributed by atoms with Crippen molar-refractivity contribution in [2.75, 3.05) is 0 Å². The van der Waals surface area contributed by atoms with Crippen molar-refractivity contribution in [1.29, 1.82) is 0 Å². The highest BCUT2D eigenvalue weighted by Gasteiger charge is 2.19. The van der Waals surface area contributed by atoms with Crippen LogP contribution in [0.3, 0.4) is 0 Å². The van der Waals surface area contributed by atoms with Gasteiger partial charge in [0.15, 0.2) is 28.8 Å². The molecule has 0 amide bonds. The average Bonchev–Trinajstić information content (AvgIpc) is 3.80. The average molecular weight is 692 g/mol. The van der Waals surface area contributed by atoms with Gasteiger partial charge in [0.1, 0.15) is 5.58 Å². The molecule has 0 aliphatic carbocycles. The molecule has 252 valence electrons. The van der Waals surface area contributed by atoms with Gasteiger partial charge in [-0.2, -0.15) is 0 Å². The van der Waals surface area contributed by atoms with Gasteiger partial charge in [-0.15, -0.1) is 0 Å². The van der Waals surface area contributed by atoms with Crippen molar-refractivity contribution in [2.24, 2.45) is 0 Å². The van der Waals surface area contributed by atoms with E-state index in [0.29, 0.717) is 28.8 Å². The molecular weight excluding hydrogens is 663 g/mol. The molecule has 0 saturated heterocycles. The second-order valence-electron chi connectivity index (χ2n) is 13.5. The number of nitrogens with zero attached hydrogens (tertiary/aromatic N) is 5. The van der Waals surface area contributed by atoms with Crippen molar-refractivity contribution < 1.29 is 4.42 Å². The largest absolute Gasteiger partial charge is 0.454 e. The zero-order chi connectivity index (χ0) is 35.6. The van der Waals surface area contributed by atoms with E-state index in [1.54, 1.807) is 6.20 Å². The molecule has 11 aromatic rings. The van der Waals surface area contributed by atoms with Crippen molar-refractivity contribution in [3.63, 3.8) is 0 Å². The molecule has 0 radical (unpaired) electrons. The highest BCUT2D eigenvalue weighted by Crippen LogP contribution is 2.36. The van der Waals surface area contributed by atoms with Crippen molar-refractivity contribution in [3.8, 4) is 51.1 Å². The first kappa shape index (κ1) is 30.2. The number of furan rings is 1. The van der Waals surface area contributed by atoms with Crippen LogP contribution < -0.4 is 0 Å². The molecule has 0 atom stereocenters. The zero-order valence-corrected chi connectivity index (χ0v) is 28.9. The van der Waals surface area contributed by atoms with E-state index in [2.05, 4.69) is 138 Å². The molecule has 11 rings (SSSR count). The number of hydrogen-bond acceptors (Lipinski definition) is 5. The van der Waals surface area contributed by atoms with Crippen LogP contribution in [0.2, 0.25) is 0 Å². The smallest absolute Gasteiger partial charge is 0.186 e. The van der Waals surface area contributed by atoms with Gasteiger partial charge in [-0.1, -0.05) is 121 Å². The van der Waals surface area contributed by atoms with Crippen LogP contribution in [0.1, 0.15) is 0 Å². The molecule has 0 saturated carbocycles. The Bertz CT molecular complexity index is 3180. The summed E-state index contributed by atoms with van der Waals surface area (Å²) in [5.41, 5.74) is 9.44. The summed E-state index contributed by atoms with van der Waals surface area (Å²) in [6.07, 6.45) is 1.79. The minimum absolute atomic E-state index is 0.453. The Kier molecular flexibility index (Phi) is 6.75. The maximum atomic E-state index is 6.38. The summed E-state index contributed by atoms with van der Waals surface area (Å²) in [6, 6.07) is 58.9. The fourth-order valence-corrected chi connectivity index (χ4v) is 7.72. The molecule has 7 aromatic carbocycles. The van der Waals surface area contributed by atoms with E-state index in [9.17, 15) is 0 Å². The SMILES string of the molecule is c1cc(-c2ccc(-n3c4ccccc4c4ccccc43)cc2)cc(-c2nc(-c3ccc4ccccc4c3)nc(-c3nccc4c3oc3ccccc34)n2)c1. The van der Waals surface area contributed by atoms with Crippen LogP contribution in [0.25, 0.3) is 106 Å². The van der Waals surface area contributed by atoms with Gasteiger partial charge < -0.3 is 8.98 Å². The summed E-state index contributed by atoms with van der Waals surface area (Å²) in [6.45, 7) is 0. The molecule has 0 fully saturated rings. The Morgan fingerprint density at radius 2 is 1.02 bits per heavy atom. The third kappa shape index (κ3) is 4.89. The highest BCUT2D eigenvalue weighted by molar-refractivity contribution is 6.09. The fraction of sp³-hybridized carbons (Fsp3) is 0. The second kappa shape index (κ2) is 12.1. The lowest BCUT2D eigenvalue weighted by atomic mass is 10.0. The third-order valence-electron chi connectivity index (χ3n) is 10.3. The maximum absolute atomic E-state index is 6.38. The summed E-state index contributed by atoms with van der Waals surface area (Å²) in [5, 5.41) is 6.75. The molecule has 0 unspecified atom stereocenters. The third-order valence-corrected chi connectivity index (χ3v) is 10.3. The van der Waals surface area contributed by atoms with E-state index in [0.717, 1.165) is 55.1 Å². The van der Waals surface area contributed by atoms with Crippen molar-refractivity contribution >= 4 is 54.5 Å². The summed E-state index contributed by atoms with van der Waals surface area (Å²) >= 11 is 0. The molecule has 0 spiro atoms. The Morgan fingerprint density at radius 3 is 1.80 bits per heavy atom. The summed E-state index contributed by atoms with van der Waals surface area (Å²) in [5.74, 6) is 1.58. The topological polar surface area (TPSA) is 69.6 Å². The predicted octanol–water partition coefficient (Wildman–Crippen LogP) is 12.1. The van der Waals surface area contributed by atoms with Gasteiger partial charge >= 0.3 is 0 Å². The Hall–Kier alpha value is -7.44. The predicted molar refractivity (Wildman–Crippen MR) is 218 cm³/mol. The lowest BCUT2D eigenvalue weighted by molar-refractivity contribution is 0.667. The molecule has 0 aliphatic heterocycles. The Labute approximate surface area is 309 Å². The van der Waals surface area contributed by atoms with Crippen LogP contribution in [0.4, 0.5) is 0 Å². The molecule has 0 bridgehead atoms. The van der Waals surface area contributed by atoms with E-state index in [-0.39, 0.29) is 0 Å². The van der Waals surface area contributed by atoms with Crippen LogP contribution in [0, 0.1) is 0 Å². The number of fused-ring (bicyclic) bond motifs is 7. The van der Waals surface area contributed by atoms with Gasteiger partial charge in [-0.25, -0.2) is 19.9 Å². The number of aromatic nitrogens is 5. The van der Waals surface area contributed by atoms with Gasteiger partial charge in [-0.05, 0) is 70.4 Å². The monoisotopic (exact) mass is 691 g/mol. The van der Waals surface area contributed by atoms with E-state index >= 15 is 0 Å². The lowest BCUT2D eigenvalue weighted by Gasteiger charge is -2.11. The first-order valence-electron chi connectivity index (χ1n) is 18.0. The normalized spacial score (nSPS) is 11.7. The first-order chi connectivity index (χ1) is 26.7. The number of hydrogen-bond donors (Lipinski definition) is 0. The van der Waals surface area contributed by atoms with Gasteiger partial charge in [0, 0.05) is 44.6 Å². The summed E-state index contributed by atoms with van der Waals surface area (Å²) in [4.78, 5) is 20.0. The molecule has 4 aromatic heterocycles. The highest BCUT2D eigenvalue weighted by atomic mass is 16.3. The van der Waals surface area contributed by atoms with Gasteiger partial charge in [0.05, 0.1) is 11.0 Å². The minimum atomic E-state index is 0.453. The molecule has 4 heterocycles. The number of pyridine rings is 1. The molecule has 6 heteroatoms. The van der Waals surface area contributed by atoms with Gasteiger partial charge in [-0.3, -0.25) is 0 Å². The number of rotatable bonds is 5. The van der Waals surface area contributed by atoms with Crippen LogP contribution in [-0.4, -0.2) is 24.5 Å². The summed E-state index contributed by atoms with van der Waals surface area (Å²) in [7, 11) is 0. The number of para-hydroxylation sites is 3.